The molecule has 0 bridgehead atoms. The van der Waals surface area contributed by atoms with Gasteiger partial charge < -0.3 is 15.4 Å². The lowest BCUT2D eigenvalue weighted by atomic mass is 10.1. The van der Waals surface area contributed by atoms with Crippen molar-refractivity contribution in [1.82, 2.24) is 9.97 Å². The monoisotopic (exact) mass is 290 g/mol. The molecule has 0 spiro atoms. The first-order chi connectivity index (χ1) is 10.2. The quantitative estimate of drug-likeness (QED) is 0.843. The average molecular weight is 290 g/mol. The van der Waals surface area contributed by atoms with Crippen molar-refractivity contribution >= 4 is 11.6 Å². The topological polar surface area (TPSA) is 59.1 Å². The van der Waals surface area contributed by atoms with Crippen LogP contribution in [0.2, 0.25) is 0 Å². The Balaban J connectivity index is 1.81. The van der Waals surface area contributed by atoms with Gasteiger partial charge in [0, 0.05) is 25.6 Å². The molecule has 2 N–H and O–H groups in total. The fraction of sp³-hybridized carbons (Fsp3) is 0.750. The first kappa shape index (κ1) is 14.6. The Morgan fingerprint density at radius 3 is 2.62 bits per heavy atom. The number of nitrogens with one attached hydrogen (secondary N) is 2. The first-order valence-electron chi connectivity index (χ1n) is 8.16. The van der Waals surface area contributed by atoms with Crippen LogP contribution in [0, 0.1) is 12.8 Å². The van der Waals surface area contributed by atoms with E-state index in [2.05, 4.69) is 29.5 Å². The molecule has 0 aromatic carbocycles. The molecule has 2 unspecified atom stereocenters. The van der Waals surface area contributed by atoms with Crippen LogP contribution in [-0.2, 0) is 11.2 Å². The molecule has 2 aliphatic rings. The molecule has 116 valence electrons. The minimum absolute atomic E-state index is 0.368. The third-order valence-corrected chi connectivity index (χ3v) is 4.45. The van der Waals surface area contributed by atoms with E-state index < -0.39 is 0 Å². The van der Waals surface area contributed by atoms with Crippen molar-refractivity contribution < 1.29 is 4.74 Å². The van der Waals surface area contributed by atoms with Gasteiger partial charge in [-0.15, -0.1) is 0 Å². The Bertz CT molecular complexity index is 501. The molecule has 1 aliphatic heterocycles. The van der Waals surface area contributed by atoms with Gasteiger partial charge in [-0.05, 0) is 38.5 Å². The lowest BCUT2D eigenvalue weighted by molar-refractivity contribution is 0.0898. The van der Waals surface area contributed by atoms with Crippen LogP contribution in [0.5, 0.6) is 0 Å². The number of aromatic nitrogens is 2. The summed E-state index contributed by atoms with van der Waals surface area (Å²) in [6.45, 7) is 5.10. The van der Waals surface area contributed by atoms with E-state index in [0.29, 0.717) is 12.1 Å². The molecule has 2 fully saturated rings. The maximum absolute atomic E-state index is 5.91. The summed E-state index contributed by atoms with van der Waals surface area (Å²) in [7, 11) is 1.92. The smallest absolute Gasteiger partial charge is 0.135 e. The van der Waals surface area contributed by atoms with E-state index in [1.807, 2.05) is 7.05 Å². The Morgan fingerprint density at radius 2 is 1.95 bits per heavy atom. The standard InChI is InChI=1S/C16H26N4O/c1-4-5-13-19-15(17-3)10(2)16(20-13)18-12-8-9-21-14(12)11-6-7-11/h11-12,14H,4-9H2,1-3H3,(H2,17,18,19,20). The highest BCUT2D eigenvalue weighted by Gasteiger charge is 2.40. The van der Waals surface area contributed by atoms with E-state index in [-0.39, 0.29) is 0 Å². The van der Waals surface area contributed by atoms with E-state index in [1.165, 1.54) is 12.8 Å². The lowest BCUT2D eigenvalue weighted by Gasteiger charge is -2.22. The number of nitrogens with zero attached hydrogens (tertiary/aromatic N) is 2. The molecule has 2 atom stereocenters. The van der Waals surface area contributed by atoms with Gasteiger partial charge in [0.15, 0.2) is 0 Å². The Kier molecular flexibility index (Phi) is 4.29. The summed E-state index contributed by atoms with van der Waals surface area (Å²) in [6.07, 6.45) is 6.04. The molecule has 5 heteroatoms. The second-order valence-corrected chi connectivity index (χ2v) is 6.17. The second-order valence-electron chi connectivity index (χ2n) is 6.17. The Hall–Kier alpha value is -1.36. The minimum Gasteiger partial charge on any atom is -0.376 e. The fourth-order valence-electron chi connectivity index (χ4n) is 3.11. The highest BCUT2D eigenvalue weighted by molar-refractivity contribution is 5.57. The van der Waals surface area contributed by atoms with Crippen molar-refractivity contribution in [2.24, 2.45) is 5.92 Å². The minimum atomic E-state index is 0.368. The van der Waals surface area contributed by atoms with Gasteiger partial charge in [-0.1, -0.05) is 6.92 Å². The van der Waals surface area contributed by atoms with Crippen LogP contribution in [0.25, 0.3) is 0 Å². The van der Waals surface area contributed by atoms with Gasteiger partial charge in [-0.2, -0.15) is 0 Å². The van der Waals surface area contributed by atoms with Gasteiger partial charge in [-0.25, -0.2) is 9.97 Å². The molecule has 1 saturated carbocycles. The van der Waals surface area contributed by atoms with E-state index in [9.17, 15) is 0 Å². The molecular weight excluding hydrogens is 264 g/mol. The molecule has 5 nitrogen and oxygen atoms in total. The molecule has 1 saturated heterocycles. The number of hydrogen-bond donors (Lipinski definition) is 2. The van der Waals surface area contributed by atoms with Crippen LogP contribution >= 0.6 is 0 Å². The maximum Gasteiger partial charge on any atom is 0.135 e. The molecule has 0 amide bonds. The zero-order chi connectivity index (χ0) is 14.8. The van der Waals surface area contributed by atoms with Gasteiger partial charge in [0.25, 0.3) is 0 Å². The number of aryl methyl sites for hydroxylation is 1. The molecule has 0 radical (unpaired) electrons. The predicted octanol–water partition coefficient (Wildman–Crippen LogP) is 2.76. The average Bonchev–Trinajstić information content (AvgIpc) is 3.22. The zero-order valence-corrected chi connectivity index (χ0v) is 13.3. The van der Waals surface area contributed by atoms with E-state index in [4.69, 9.17) is 9.72 Å². The van der Waals surface area contributed by atoms with Gasteiger partial charge in [0.2, 0.25) is 0 Å². The normalized spacial score (nSPS) is 25.1. The van der Waals surface area contributed by atoms with E-state index >= 15 is 0 Å². The largest absolute Gasteiger partial charge is 0.376 e. The summed E-state index contributed by atoms with van der Waals surface area (Å²) in [5.41, 5.74) is 1.10. The predicted molar refractivity (Wildman–Crippen MR) is 84.8 cm³/mol. The second kappa shape index (κ2) is 6.18. The van der Waals surface area contributed by atoms with Crippen LogP contribution in [0.1, 0.15) is 44.0 Å². The summed E-state index contributed by atoms with van der Waals surface area (Å²) in [5.74, 6) is 3.57. The highest BCUT2D eigenvalue weighted by Crippen LogP contribution is 2.39. The van der Waals surface area contributed by atoms with Crippen LogP contribution in [0.4, 0.5) is 11.6 Å². The van der Waals surface area contributed by atoms with Crippen LogP contribution in [0.3, 0.4) is 0 Å². The third-order valence-electron chi connectivity index (χ3n) is 4.45. The fourth-order valence-corrected chi connectivity index (χ4v) is 3.11. The summed E-state index contributed by atoms with van der Waals surface area (Å²) in [4.78, 5) is 9.32. The SMILES string of the molecule is CCCc1nc(NC)c(C)c(NC2CCOC2C2CC2)n1. The highest BCUT2D eigenvalue weighted by atomic mass is 16.5. The van der Waals surface area contributed by atoms with Crippen LogP contribution in [0.15, 0.2) is 0 Å². The van der Waals surface area contributed by atoms with Crippen molar-refractivity contribution in [1.29, 1.82) is 0 Å². The maximum atomic E-state index is 5.91. The van der Waals surface area contributed by atoms with Gasteiger partial charge in [0.05, 0.1) is 12.1 Å². The van der Waals surface area contributed by atoms with Gasteiger partial charge in [0.1, 0.15) is 17.5 Å². The number of rotatable bonds is 6. The molecule has 21 heavy (non-hydrogen) atoms. The van der Waals surface area contributed by atoms with Crippen molar-refractivity contribution in [3.05, 3.63) is 11.4 Å². The molecule has 1 aromatic rings. The molecule has 1 aromatic heterocycles. The number of hydrogen-bond acceptors (Lipinski definition) is 5. The lowest BCUT2D eigenvalue weighted by Crippen LogP contribution is -2.32. The molecular formula is C16H26N4O. The zero-order valence-electron chi connectivity index (χ0n) is 13.3. The summed E-state index contributed by atoms with van der Waals surface area (Å²) in [5, 5.41) is 6.82. The first-order valence-corrected chi connectivity index (χ1v) is 8.16. The van der Waals surface area contributed by atoms with Crippen molar-refractivity contribution in [2.45, 2.75) is 58.1 Å². The van der Waals surface area contributed by atoms with Crippen LogP contribution in [-0.4, -0.2) is 35.8 Å². The van der Waals surface area contributed by atoms with Crippen LogP contribution < -0.4 is 10.6 Å². The molecule has 3 rings (SSSR count). The Morgan fingerprint density at radius 1 is 1.19 bits per heavy atom. The molecule has 1 aliphatic carbocycles. The Labute approximate surface area is 126 Å². The number of ether oxygens (including phenoxy) is 1. The third kappa shape index (κ3) is 3.12. The summed E-state index contributed by atoms with van der Waals surface area (Å²) < 4.78 is 5.91. The van der Waals surface area contributed by atoms with Gasteiger partial charge >= 0.3 is 0 Å². The van der Waals surface area contributed by atoms with E-state index in [0.717, 1.165) is 54.8 Å². The summed E-state index contributed by atoms with van der Waals surface area (Å²) in [6, 6.07) is 0.394. The summed E-state index contributed by atoms with van der Waals surface area (Å²) >= 11 is 0. The van der Waals surface area contributed by atoms with E-state index in [1.54, 1.807) is 0 Å². The van der Waals surface area contributed by atoms with Gasteiger partial charge in [-0.3, -0.25) is 0 Å². The van der Waals surface area contributed by atoms with Crippen molar-refractivity contribution in [3.8, 4) is 0 Å². The van der Waals surface area contributed by atoms with Crippen molar-refractivity contribution in [2.75, 3.05) is 24.3 Å². The number of anilines is 2. The molecule has 2 heterocycles. The van der Waals surface area contributed by atoms with Crippen molar-refractivity contribution in [3.63, 3.8) is 0 Å².